The molecular weight excluding hydrogens is 290 g/mol. The zero-order valence-corrected chi connectivity index (χ0v) is 12.4. The fourth-order valence-corrected chi connectivity index (χ4v) is 3.41. The van der Waals surface area contributed by atoms with Gasteiger partial charge in [-0.2, -0.15) is 0 Å². The first-order chi connectivity index (χ1) is 10.2. The topological polar surface area (TPSA) is 55.8 Å². The number of thiophene rings is 1. The fourth-order valence-electron chi connectivity index (χ4n) is 2.48. The number of ether oxygens (including phenoxy) is 2. The van der Waals surface area contributed by atoms with Crippen molar-refractivity contribution in [2.24, 2.45) is 0 Å². The molecule has 1 unspecified atom stereocenters. The van der Waals surface area contributed by atoms with Crippen molar-refractivity contribution in [3.05, 3.63) is 35.2 Å². The molecule has 6 heteroatoms. The monoisotopic (exact) mass is 305 g/mol. The van der Waals surface area contributed by atoms with E-state index in [-0.39, 0.29) is 12.5 Å². The predicted octanol–water partition coefficient (Wildman–Crippen LogP) is 1.92. The van der Waals surface area contributed by atoms with Gasteiger partial charge in [0, 0.05) is 22.0 Å². The van der Waals surface area contributed by atoms with Crippen LogP contribution < -0.4 is 0 Å². The molecule has 1 atom stereocenters. The van der Waals surface area contributed by atoms with Gasteiger partial charge in [0.15, 0.2) is 6.04 Å². The number of methoxy groups -OCH3 is 1. The second-order valence-electron chi connectivity index (χ2n) is 4.76. The molecule has 2 heterocycles. The first-order valence-electron chi connectivity index (χ1n) is 6.65. The largest absolute Gasteiger partial charge is 0.467 e. The van der Waals surface area contributed by atoms with Crippen molar-refractivity contribution in [3.8, 4) is 0 Å². The highest BCUT2D eigenvalue weighted by molar-refractivity contribution is 7.17. The van der Waals surface area contributed by atoms with E-state index in [0.717, 1.165) is 10.1 Å². The molecule has 1 aromatic heterocycles. The Bertz CT molecular complexity index is 681. The number of fused-ring (bicyclic) bond motifs is 1. The van der Waals surface area contributed by atoms with E-state index in [4.69, 9.17) is 9.47 Å². The van der Waals surface area contributed by atoms with Crippen LogP contribution in [0, 0.1) is 0 Å². The minimum Gasteiger partial charge on any atom is -0.467 e. The summed E-state index contributed by atoms with van der Waals surface area (Å²) in [6.45, 7) is 1.00. The van der Waals surface area contributed by atoms with Gasteiger partial charge in [-0.05, 0) is 6.07 Å². The molecule has 21 heavy (non-hydrogen) atoms. The van der Waals surface area contributed by atoms with Crippen LogP contribution in [0.5, 0.6) is 0 Å². The Balaban J connectivity index is 1.94. The summed E-state index contributed by atoms with van der Waals surface area (Å²) in [4.78, 5) is 26.1. The molecule has 110 valence electrons. The average Bonchev–Trinajstić information content (AvgIpc) is 2.97. The van der Waals surface area contributed by atoms with Gasteiger partial charge in [0.05, 0.1) is 25.9 Å². The molecular formula is C15H15NO4S. The fraction of sp³-hybridized carbons (Fsp3) is 0.333. The van der Waals surface area contributed by atoms with E-state index in [0.29, 0.717) is 18.7 Å². The maximum Gasteiger partial charge on any atom is 0.331 e. The molecule has 0 radical (unpaired) electrons. The minimum atomic E-state index is -0.671. The van der Waals surface area contributed by atoms with Crippen LogP contribution in [0.1, 0.15) is 10.4 Å². The van der Waals surface area contributed by atoms with E-state index in [2.05, 4.69) is 0 Å². The van der Waals surface area contributed by atoms with Crippen molar-refractivity contribution in [3.63, 3.8) is 0 Å². The number of hydrogen-bond donors (Lipinski definition) is 0. The van der Waals surface area contributed by atoms with Crippen LogP contribution in [-0.4, -0.2) is 49.7 Å². The molecule has 1 saturated heterocycles. The van der Waals surface area contributed by atoms with Crippen molar-refractivity contribution in [1.29, 1.82) is 0 Å². The second kappa shape index (κ2) is 5.83. The highest BCUT2D eigenvalue weighted by Gasteiger charge is 2.34. The van der Waals surface area contributed by atoms with E-state index >= 15 is 0 Å². The molecule has 1 aliphatic rings. The molecule has 1 aliphatic heterocycles. The zero-order valence-electron chi connectivity index (χ0n) is 11.6. The predicted molar refractivity (Wildman–Crippen MR) is 79.5 cm³/mol. The maximum absolute atomic E-state index is 12.8. The number of benzene rings is 1. The summed E-state index contributed by atoms with van der Waals surface area (Å²) in [5.74, 6) is -0.589. The van der Waals surface area contributed by atoms with Gasteiger partial charge in [-0.1, -0.05) is 18.2 Å². The molecule has 0 spiro atoms. The summed E-state index contributed by atoms with van der Waals surface area (Å²) in [5.41, 5.74) is 0.631. The third kappa shape index (κ3) is 2.52. The van der Waals surface area contributed by atoms with Gasteiger partial charge in [-0.15, -0.1) is 11.3 Å². The standard InChI is InChI=1S/C15H15NO4S/c1-19-15(18)12-8-20-7-6-16(12)14(17)11-9-21-13-5-3-2-4-10(11)13/h2-5,9,12H,6-8H2,1H3. The van der Waals surface area contributed by atoms with Crippen LogP contribution in [0.4, 0.5) is 0 Å². The summed E-state index contributed by atoms with van der Waals surface area (Å²) < 4.78 is 11.1. The molecule has 2 aromatic rings. The number of carbonyl (C=O) groups is 2. The summed E-state index contributed by atoms with van der Waals surface area (Å²) in [6.07, 6.45) is 0. The van der Waals surface area contributed by atoms with Crippen LogP contribution in [0.15, 0.2) is 29.6 Å². The van der Waals surface area contributed by atoms with Crippen LogP contribution in [0.25, 0.3) is 10.1 Å². The van der Waals surface area contributed by atoms with E-state index < -0.39 is 12.0 Å². The van der Waals surface area contributed by atoms with Crippen molar-refractivity contribution in [2.75, 3.05) is 26.9 Å². The lowest BCUT2D eigenvalue weighted by Crippen LogP contribution is -2.52. The Morgan fingerprint density at radius 3 is 3.00 bits per heavy atom. The lowest BCUT2D eigenvalue weighted by molar-refractivity contribution is -0.151. The van der Waals surface area contributed by atoms with Gasteiger partial charge in [-0.3, -0.25) is 4.79 Å². The number of hydrogen-bond acceptors (Lipinski definition) is 5. The van der Waals surface area contributed by atoms with Gasteiger partial charge >= 0.3 is 5.97 Å². The highest BCUT2D eigenvalue weighted by Crippen LogP contribution is 2.27. The lowest BCUT2D eigenvalue weighted by Gasteiger charge is -2.33. The summed E-state index contributed by atoms with van der Waals surface area (Å²) in [7, 11) is 1.32. The van der Waals surface area contributed by atoms with E-state index in [9.17, 15) is 9.59 Å². The zero-order chi connectivity index (χ0) is 14.8. The van der Waals surface area contributed by atoms with Crippen LogP contribution >= 0.6 is 11.3 Å². The SMILES string of the molecule is COC(=O)C1COCCN1C(=O)c1csc2ccccc12. The number of morpholine rings is 1. The molecule has 5 nitrogen and oxygen atoms in total. The molecule has 1 fully saturated rings. The van der Waals surface area contributed by atoms with E-state index in [1.54, 1.807) is 4.90 Å². The Morgan fingerprint density at radius 1 is 1.38 bits per heavy atom. The summed E-state index contributed by atoms with van der Waals surface area (Å²) in [5, 5.41) is 2.76. The normalized spacial score (nSPS) is 18.7. The molecule has 3 rings (SSSR count). The van der Waals surface area contributed by atoms with Crippen LogP contribution in [0.3, 0.4) is 0 Å². The molecule has 0 N–H and O–H groups in total. The average molecular weight is 305 g/mol. The summed E-state index contributed by atoms with van der Waals surface area (Å²) >= 11 is 1.53. The Morgan fingerprint density at radius 2 is 2.19 bits per heavy atom. The second-order valence-corrected chi connectivity index (χ2v) is 5.67. The Kier molecular flexibility index (Phi) is 3.90. The molecule has 0 bridgehead atoms. The minimum absolute atomic E-state index is 0.147. The molecule has 1 aromatic carbocycles. The first kappa shape index (κ1) is 14.0. The maximum atomic E-state index is 12.8. The van der Waals surface area contributed by atoms with Crippen LogP contribution in [-0.2, 0) is 14.3 Å². The smallest absolute Gasteiger partial charge is 0.331 e. The first-order valence-corrected chi connectivity index (χ1v) is 7.53. The van der Waals surface area contributed by atoms with Crippen molar-refractivity contribution >= 4 is 33.3 Å². The van der Waals surface area contributed by atoms with Gasteiger partial charge in [-0.25, -0.2) is 4.79 Å². The lowest BCUT2D eigenvalue weighted by atomic mass is 10.1. The van der Waals surface area contributed by atoms with Gasteiger partial charge in [0.25, 0.3) is 5.91 Å². The number of carbonyl (C=O) groups excluding carboxylic acids is 2. The van der Waals surface area contributed by atoms with Gasteiger partial charge < -0.3 is 14.4 Å². The Labute approximate surface area is 126 Å². The van der Waals surface area contributed by atoms with E-state index in [1.165, 1.54) is 18.4 Å². The molecule has 1 amide bonds. The molecule has 0 saturated carbocycles. The summed E-state index contributed by atoms with van der Waals surface area (Å²) in [6, 6.07) is 7.08. The highest BCUT2D eigenvalue weighted by atomic mass is 32.1. The molecule has 0 aliphatic carbocycles. The van der Waals surface area contributed by atoms with Gasteiger partial charge in [0.1, 0.15) is 0 Å². The number of nitrogens with zero attached hydrogens (tertiary/aromatic N) is 1. The quantitative estimate of drug-likeness (QED) is 0.795. The third-order valence-electron chi connectivity index (χ3n) is 3.57. The van der Waals surface area contributed by atoms with Gasteiger partial charge in [0.2, 0.25) is 0 Å². The van der Waals surface area contributed by atoms with Crippen molar-refractivity contribution in [2.45, 2.75) is 6.04 Å². The third-order valence-corrected chi connectivity index (χ3v) is 4.54. The van der Waals surface area contributed by atoms with Crippen molar-refractivity contribution in [1.82, 2.24) is 4.90 Å². The number of esters is 1. The van der Waals surface area contributed by atoms with E-state index in [1.807, 2.05) is 29.6 Å². The number of rotatable bonds is 2. The number of amides is 1. The van der Waals surface area contributed by atoms with Crippen LogP contribution in [0.2, 0.25) is 0 Å². The Hall–Kier alpha value is -1.92. The van der Waals surface area contributed by atoms with Crippen molar-refractivity contribution < 1.29 is 19.1 Å².